The SMILES string of the molecule is CC1(C)CCNc2c3[nH]cnc3nc[n+]21. The number of anilines is 1. The van der Waals surface area contributed by atoms with Crippen molar-refractivity contribution in [3.8, 4) is 0 Å². The van der Waals surface area contributed by atoms with E-state index in [1.165, 1.54) is 0 Å². The molecule has 5 heteroatoms. The molecule has 0 aromatic carbocycles. The van der Waals surface area contributed by atoms with E-state index in [0.29, 0.717) is 0 Å². The molecule has 3 heterocycles. The van der Waals surface area contributed by atoms with Crippen molar-refractivity contribution in [2.75, 3.05) is 11.9 Å². The van der Waals surface area contributed by atoms with Gasteiger partial charge in [0.2, 0.25) is 6.33 Å². The first-order valence-electron chi connectivity index (χ1n) is 5.16. The number of hydrogen-bond donors (Lipinski definition) is 2. The molecule has 0 spiro atoms. The van der Waals surface area contributed by atoms with Crippen LogP contribution in [0.1, 0.15) is 20.3 Å². The molecule has 5 nitrogen and oxygen atoms in total. The highest BCUT2D eigenvalue weighted by Gasteiger charge is 2.33. The summed E-state index contributed by atoms with van der Waals surface area (Å²) in [6.07, 6.45) is 4.65. The van der Waals surface area contributed by atoms with Crippen molar-refractivity contribution in [3.05, 3.63) is 12.7 Å². The van der Waals surface area contributed by atoms with Gasteiger partial charge >= 0.3 is 0 Å². The first-order chi connectivity index (χ1) is 7.18. The first-order valence-corrected chi connectivity index (χ1v) is 5.16. The molecule has 3 rings (SSSR count). The molecular formula is C10H14N5+. The zero-order valence-corrected chi connectivity index (χ0v) is 8.91. The molecule has 2 N–H and O–H groups in total. The van der Waals surface area contributed by atoms with Gasteiger partial charge in [-0.3, -0.25) is 0 Å². The molecule has 0 bridgehead atoms. The van der Waals surface area contributed by atoms with Crippen LogP contribution in [0.5, 0.6) is 0 Å². The lowest BCUT2D eigenvalue weighted by atomic mass is 9.98. The zero-order chi connectivity index (χ0) is 10.5. The van der Waals surface area contributed by atoms with Crippen molar-refractivity contribution in [2.45, 2.75) is 25.8 Å². The Bertz CT molecular complexity index is 514. The third-order valence-electron chi connectivity index (χ3n) is 3.07. The topological polar surface area (TPSA) is 57.5 Å². The van der Waals surface area contributed by atoms with E-state index in [4.69, 9.17) is 0 Å². The highest BCUT2D eigenvalue weighted by molar-refractivity contribution is 5.80. The van der Waals surface area contributed by atoms with Crippen LogP contribution in [0.15, 0.2) is 12.7 Å². The maximum atomic E-state index is 4.33. The molecule has 0 atom stereocenters. The van der Waals surface area contributed by atoms with Crippen LogP contribution in [0.4, 0.5) is 5.82 Å². The van der Waals surface area contributed by atoms with Gasteiger partial charge < -0.3 is 10.3 Å². The van der Waals surface area contributed by atoms with Crippen molar-refractivity contribution >= 4 is 17.0 Å². The van der Waals surface area contributed by atoms with E-state index < -0.39 is 0 Å². The van der Waals surface area contributed by atoms with Crippen LogP contribution in [0, 0.1) is 0 Å². The Morgan fingerprint density at radius 1 is 1.40 bits per heavy atom. The molecular weight excluding hydrogens is 190 g/mol. The number of hydrogen-bond acceptors (Lipinski definition) is 3. The fourth-order valence-corrected chi connectivity index (χ4v) is 2.09. The van der Waals surface area contributed by atoms with Crippen molar-refractivity contribution in [2.24, 2.45) is 0 Å². The highest BCUT2D eigenvalue weighted by atomic mass is 15.2. The second-order valence-electron chi connectivity index (χ2n) is 4.55. The third-order valence-corrected chi connectivity index (χ3v) is 3.07. The predicted octanol–water partition coefficient (Wildman–Crippen LogP) is 0.796. The minimum Gasteiger partial charge on any atom is -0.336 e. The second kappa shape index (κ2) is 2.68. The van der Waals surface area contributed by atoms with Crippen LogP contribution in [-0.4, -0.2) is 21.5 Å². The van der Waals surface area contributed by atoms with Gasteiger partial charge in [0.05, 0.1) is 18.4 Å². The summed E-state index contributed by atoms with van der Waals surface area (Å²) in [6.45, 7) is 5.44. The van der Waals surface area contributed by atoms with E-state index in [-0.39, 0.29) is 5.54 Å². The minimum absolute atomic E-state index is 0.118. The molecule has 0 saturated carbocycles. The lowest BCUT2D eigenvalue weighted by Gasteiger charge is -2.29. The number of fused-ring (bicyclic) bond motifs is 3. The van der Waals surface area contributed by atoms with Gasteiger partial charge in [-0.15, -0.1) is 0 Å². The Labute approximate surface area is 87.6 Å². The molecule has 78 valence electrons. The predicted molar refractivity (Wildman–Crippen MR) is 56.5 cm³/mol. The van der Waals surface area contributed by atoms with Gasteiger partial charge in [0.25, 0.3) is 11.5 Å². The Hall–Kier alpha value is -1.65. The molecule has 0 aliphatic carbocycles. The summed E-state index contributed by atoms with van der Waals surface area (Å²) in [5, 5.41) is 3.40. The number of rotatable bonds is 0. The normalized spacial score (nSPS) is 18.5. The van der Waals surface area contributed by atoms with E-state index in [9.17, 15) is 0 Å². The monoisotopic (exact) mass is 204 g/mol. The van der Waals surface area contributed by atoms with E-state index in [1.54, 1.807) is 6.33 Å². The average Bonchev–Trinajstić information content (AvgIpc) is 2.65. The summed E-state index contributed by atoms with van der Waals surface area (Å²) in [5.41, 5.74) is 1.88. The minimum atomic E-state index is 0.118. The summed E-state index contributed by atoms with van der Waals surface area (Å²) in [5.74, 6) is 1.09. The summed E-state index contributed by atoms with van der Waals surface area (Å²) in [7, 11) is 0. The summed E-state index contributed by atoms with van der Waals surface area (Å²) < 4.78 is 2.18. The Balaban J connectivity index is 2.34. The summed E-state index contributed by atoms with van der Waals surface area (Å²) in [4.78, 5) is 11.6. The molecule has 0 radical (unpaired) electrons. The number of aromatic amines is 1. The first kappa shape index (κ1) is 8.64. The number of nitrogens with one attached hydrogen (secondary N) is 2. The standard InChI is InChI=1S/C10H13N5/c1-10(2)3-4-11-9-7-8(13-5-12-7)14-6-15(9)10/h5-6H,3-4H2,1-2H3,(H,11,12,13)/p+1. The van der Waals surface area contributed by atoms with Crippen molar-refractivity contribution in [1.82, 2.24) is 15.0 Å². The quantitative estimate of drug-likeness (QED) is 0.624. The lowest BCUT2D eigenvalue weighted by molar-refractivity contribution is -0.750. The second-order valence-corrected chi connectivity index (χ2v) is 4.55. The molecule has 1 aliphatic rings. The lowest BCUT2D eigenvalue weighted by Crippen LogP contribution is -2.58. The maximum Gasteiger partial charge on any atom is 0.260 e. The van der Waals surface area contributed by atoms with Crippen LogP contribution >= 0.6 is 0 Å². The molecule has 15 heavy (non-hydrogen) atoms. The molecule has 1 aliphatic heterocycles. The van der Waals surface area contributed by atoms with Crippen molar-refractivity contribution in [1.29, 1.82) is 0 Å². The number of H-pyrrole nitrogens is 1. The third kappa shape index (κ3) is 1.12. The number of aromatic nitrogens is 4. The van der Waals surface area contributed by atoms with E-state index in [2.05, 4.69) is 38.7 Å². The largest absolute Gasteiger partial charge is 0.336 e. The van der Waals surface area contributed by atoms with E-state index in [0.717, 1.165) is 29.9 Å². The van der Waals surface area contributed by atoms with E-state index in [1.807, 2.05) is 6.33 Å². The van der Waals surface area contributed by atoms with Gasteiger partial charge in [-0.1, -0.05) is 4.98 Å². The summed E-state index contributed by atoms with van der Waals surface area (Å²) >= 11 is 0. The van der Waals surface area contributed by atoms with Crippen LogP contribution < -0.4 is 9.88 Å². The Morgan fingerprint density at radius 2 is 2.27 bits per heavy atom. The fraction of sp³-hybridized carbons (Fsp3) is 0.500. The van der Waals surface area contributed by atoms with Crippen LogP contribution in [-0.2, 0) is 5.54 Å². The smallest absolute Gasteiger partial charge is 0.260 e. The van der Waals surface area contributed by atoms with Gasteiger partial charge in [-0.05, 0) is 13.8 Å². The van der Waals surface area contributed by atoms with E-state index >= 15 is 0 Å². The molecule has 0 unspecified atom stereocenters. The highest BCUT2D eigenvalue weighted by Crippen LogP contribution is 2.23. The van der Waals surface area contributed by atoms with Crippen LogP contribution in [0.2, 0.25) is 0 Å². The average molecular weight is 204 g/mol. The Morgan fingerprint density at radius 3 is 3.13 bits per heavy atom. The Kier molecular flexibility index (Phi) is 1.55. The van der Waals surface area contributed by atoms with Crippen LogP contribution in [0.25, 0.3) is 11.2 Å². The van der Waals surface area contributed by atoms with Gasteiger partial charge in [-0.2, -0.15) is 0 Å². The molecule has 2 aromatic rings. The molecule has 0 amide bonds. The number of imidazole rings is 1. The van der Waals surface area contributed by atoms with Gasteiger partial charge in [0.15, 0.2) is 5.52 Å². The fourth-order valence-electron chi connectivity index (χ4n) is 2.09. The van der Waals surface area contributed by atoms with Gasteiger partial charge in [0.1, 0.15) is 0 Å². The zero-order valence-electron chi connectivity index (χ0n) is 8.91. The van der Waals surface area contributed by atoms with Gasteiger partial charge in [0, 0.05) is 6.42 Å². The maximum absolute atomic E-state index is 4.33. The van der Waals surface area contributed by atoms with Crippen molar-refractivity contribution in [3.63, 3.8) is 0 Å². The molecule has 0 saturated heterocycles. The summed E-state index contributed by atoms with van der Waals surface area (Å²) in [6, 6.07) is 0. The van der Waals surface area contributed by atoms with Gasteiger partial charge in [-0.25, -0.2) is 9.55 Å². The number of nitrogens with zero attached hydrogens (tertiary/aromatic N) is 3. The molecule has 2 aromatic heterocycles. The van der Waals surface area contributed by atoms with Crippen molar-refractivity contribution < 1.29 is 4.57 Å². The molecule has 0 fully saturated rings. The van der Waals surface area contributed by atoms with Crippen LogP contribution in [0.3, 0.4) is 0 Å².